The fourth-order valence-electron chi connectivity index (χ4n) is 4.67. The maximum atomic E-state index is 15.6. The third kappa shape index (κ3) is 3.49. The van der Waals surface area contributed by atoms with Gasteiger partial charge in [0.05, 0.1) is 16.6 Å². The molecule has 1 amide bonds. The van der Waals surface area contributed by atoms with Crippen LogP contribution in [0.25, 0.3) is 21.2 Å². The monoisotopic (exact) mass is 509 g/mol. The number of nitriles is 1. The van der Waals surface area contributed by atoms with E-state index in [9.17, 15) is 10.1 Å². The molecule has 0 fully saturated rings. The molecule has 5 rings (SSSR count). The largest absolute Gasteiger partial charge is 0.389 e. The lowest BCUT2D eigenvalue weighted by Crippen LogP contribution is -2.40. The van der Waals surface area contributed by atoms with Crippen molar-refractivity contribution < 1.29 is 13.6 Å². The lowest BCUT2D eigenvalue weighted by molar-refractivity contribution is 0.0672. The van der Waals surface area contributed by atoms with Crippen LogP contribution in [0.2, 0.25) is 5.02 Å². The Morgan fingerprint density at radius 2 is 2.00 bits per heavy atom. The Kier molecular flexibility index (Phi) is 5.58. The zero-order valence-corrected chi connectivity index (χ0v) is 20.0. The van der Waals surface area contributed by atoms with E-state index in [2.05, 4.69) is 4.98 Å². The molecule has 2 aromatic heterocycles. The van der Waals surface area contributed by atoms with Crippen LogP contribution < -0.4 is 11.5 Å². The predicted octanol–water partition coefficient (Wildman–Crippen LogP) is 5.69. The first-order chi connectivity index (χ1) is 16.7. The second kappa shape index (κ2) is 8.48. The molecule has 1 aliphatic rings. The predicted molar refractivity (Wildman–Crippen MR) is 133 cm³/mol. The number of carbonyl (C=O) groups is 1. The zero-order valence-electron chi connectivity index (χ0n) is 18.4. The number of hydrogen-bond acceptors (Lipinski definition) is 6. The maximum absolute atomic E-state index is 15.6. The Morgan fingerprint density at radius 1 is 1.23 bits per heavy atom. The summed E-state index contributed by atoms with van der Waals surface area (Å²) in [4.78, 5) is 19.0. The number of halogens is 3. The van der Waals surface area contributed by atoms with Crippen molar-refractivity contribution in [2.75, 3.05) is 18.0 Å². The van der Waals surface area contributed by atoms with Crippen molar-refractivity contribution in [3.05, 3.63) is 75.4 Å². The molecule has 0 aliphatic carbocycles. The van der Waals surface area contributed by atoms with Crippen molar-refractivity contribution >= 4 is 49.7 Å². The number of thiophene rings is 1. The number of aromatic nitrogens is 1. The summed E-state index contributed by atoms with van der Waals surface area (Å²) < 4.78 is 31.3. The lowest BCUT2D eigenvalue weighted by atomic mass is 9.90. The third-order valence-electron chi connectivity index (χ3n) is 6.40. The van der Waals surface area contributed by atoms with Crippen LogP contribution in [0.1, 0.15) is 40.0 Å². The van der Waals surface area contributed by atoms with E-state index in [0.29, 0.717) is 34.6 Å². The van der Waals surface area contributed by atoms with Gasteiger partial charge in [-0.15, -0.1) is 11.3 Å². The highest BCUT2D eigenvalue weighted by Crippen LogP contribution is 2.46. The summed E-state index contributed by atoms with van der Waals surface area (Å²) in [5.41, 5.74) is 12.9. The summed E-state index contributed by atoms with van der Waals surface area (Å²) in [7, 11) is 0. The number of benzene rings is 2. The summed E-state index contributed by atoms with van der Waals surface area (Å²) in [5, 5.41) is 9.95. The number of nitrogens with zero attached hydrogens (tertiary/aromatic N) is 3. The van der Waals surface area contributed by atoms with Gasteiger partial charge in [-0.2, -0.15) is 5.26 Å². The van der Waals surface area contributed by atoms with Crippen molar-refractivity contribution in [3.63, 3.8) is 0 Å². The SMILES string of the molecule is C[C@@H](c1cccnc1N)N1CCc2c(cc(F)c(-c3c(F)ccc4sc(N)c(C#N)c34)c2Cl)C1=O. The Hall–Kier alpha value is -3.74. The van der Waals surface area contributed by atoms with Crippen molar-refractivity contribution in [1.29, 1.82) is 5.26 Å². The fraction of sp³-hybridized carbons (Fsp3) is 0.160. The topological polar surface area (TPSA) is 109 Å². The molecule has 35 heavy (non-hydrogen) atoms. The quantitative estimate of drug-likeness (QED) is 0.368. The molecule has 10 heteroatoms. The second-order valence-electron chi connectivity index (χ2n) is 8.22. The zero-order chi connectivity index (χ0) is 25.0. The van der Waals surface area contributed by atoms with Gasteiger partial charge in [0.15, 0.2) is 0 Å². The molecule has 176 valence electrons. The van der Waals surface area contributed by atoms with E-state index >= 15 is 8.78 Å². The van der Waals surface area contributed by atoms with Gasteiger partial charge in [0.25, 0.3) is 5.91 Å². The second-order valence-corrected chi connectivity index (χ2v) is 9.69. The summed E-state index contributed by atoms with van der Waals surface area (Å²) in [6, 6.07) is 8.87. The Labute approximate surface area is 208 Å². The van der Waals surface area contributed by atoms with Gasteiger partial charge in [0, 0.05) is 45.1 Å². The van der Waals surface area contributed by atoms with Crippen LogP contribution in [0, 0.1) is 23.0 Å². The van der Waals surface area contributed by atoms with Crippen molar-refractivity contribution in [2.24, 2.45) is 0 Å². The van der Waals surface area contributed by atoms with Gasteiger partial charge < -0.3 is 16.4 Å². The molecule has 0 unspecified atom stereocenters. The number of hydrogen-bond donors (Lipinski definition) is 2. The van der Waals surface area contributed by atoms with Gasteiger partial charge in [0.1, 0.15) is 28.5 Å². The number of pyridine rings is 1. The van der Waals surface area contributed by atoms with Crippen LogP contribution in [0.5, 0.6) is 0 Å². The van der Waals surface area contributed by atoms with Gasteiger partial charge in [-0.05, 0) is 43.2 Å². The number of amides is 1. The van der Waals surface area contributed by atoms with E-state index in [1.807, 2.05) is 13.0 Å². The average molecular weight is 510 g/mol. The standard InChI is InChI=1S/C25H18ClF2N5OS/c1-11(12-3-2-7-32-23(12)30)33-8-6-13-14(25(33)34)9-17(28)21(22(13)26)20-16(27)4-5-18-19(20)15(10-29)24(31)35-18/h2-5,7,9,11H,6,8,31H2,1H3,(H2,30,32)/t11-/m0/s1. The number of anilines is 2. The highest BCUT2D eigenvalue weighted by molar-refractivity contribution is 7.23. The molecule has 1 aliphatic heterocycles. The highest BCUT2D eigenvalue weighted by Gasteiger charge is 2.34. The van der Waals surface area contributed by atoms with E-state index in [1.54, 1.807) is 23.2 Å². The third-order valence-corrected chi connectivity index (χ3v) is 7.80. The van der Waals surface area contributed by atoms with Crippen LogP contribution in [-0.2, 0) is 6.42 Å². The first-order valence-corrected chi connectivity index (χ1v) is 11.9. The van der Waals surface area contributed by atoms with E-state index in [1.165, 1.54) is 12.1 Å². The summed E-state index contributed by atoms with van der Waals surface area (Å²) in [6.45, 7) is 2.12. The van der Waals surface area contributed by atoms with E-state index in [-0.39, 0.29) is 37.7 Å². The van der Waals surface area contributed by atoms with Gasteiger partial charge in [0.2, 0.25) is 0 Å². The van der Waals surface area contributed by atoms with Crippen LogP contribution >= 0.6 is 22.9 Å². The molecule has 0 radical (unpaired) electrons. The number of fused-ring (bicyclic) bond motifs is 2. The molecule has 0 bridgehead atoms. The first-order valence-electron chi connectivity index (χ1n) is 10.7. The minimum atomic E-state index is -0.863. The molecule has 0 saturated heterocycles. The minimum Gasteiger partial charge on any atom is -0.389 e. The molecule has 4 N–H and O–H groups in total. The van der Waals surface area contributed by atoms with E-state index < -0.39 is 23.6 Å². The molecular weight excluding hydrogens is 492 g/mol. The van der Waals surface area contributed by atoms with E-state index in [4.69, 9.17) is 23.1 Å². The smallest absolute Gasteiger partial charge is 0.254 e. The summed E-state index contributed by atoms with van der Waals surface area (Å²) in [5.74, 6) is -1.70. The Bertz CT molecular complexity index is 1580. The normalized spacial score (nSPS) is 14.1. The molecule has 4 aromatic rings. The molecule has 0 saturated carbocycles. The molecule has 6 nitrogen and oxygen atoms in total. The first kappa shape index (κ1) is 23.0. The van der Waals surface area contributed by atoms with Crippen LogP contribution in [0.15, 0.2) is 36.5 Å². The Morgan fingerprint density at radius 3 is 2.71 bits per heavy atom. The molecule has 0 spiro atoms. The van der Waals surface area contributed by atoms with Crippen LogP contribution in [0.4, 0.5) is 19.6 Å². The summed E-state index contributed by atoms with van der Waals surface area (Å²) in [6.07, 6.45) is 1.89. The number of carbonyl (C=O) groups excluding carboxylic acids is 1. The number of nitrogen functional groups attached to an aromatic ring is 2. The number of nitrogens with two attached hydrogens (primary N) is 2. The molecule has 2 aromatic carbocycles. The minimum absolute atomic E-state index is 0.0541. The van der Waals surface area contributed by atoms with Gasteiger partial charge >= 0.3 is 0 Å². The fourth-order valence-corrected chi connectivity index (χ4v) is 5.98. The Balaban J connectivity index is 1.66. The lowest BCUT2D eigenvalue weighted by Gasteiger charge is -2.35. The average Bonchev–Trinajstić information content (AvgIpc) is 3.16. The maximum Gasteiger partial charge on any atom is 0.254 e. The van der Waals surface area contributed by atoms with Crippen molar-refractivity contribution in [2.45, 2.75) is 19.4 Å². The van der Waals surface area contributed by atoms with Crippen molar-refractivity contribution in [3.8, 4) is 17.2 Å². The molecule has 3 heterocycles. The van der Waals surface area contributed by atoms with E-state index in [0.717, 1.165) is 17.4 Å². The number of rotatable bonds is 3. The molecular formula is C25H18ClF2N5OS. The van der Waals surface area contributed by atoms with Gasteiger partial charge in [-0.25, -0.2) is 13.8 Å². The molecule has 1 atom stereocenters. The van der Waals surface area contributed by atoms with Gasteiger partial charge in [-0.3, -0.25) is 4.79 Å². The van der Waals surface area contributed by atoms with Crippen LogP contribution in [-0.4, -0.2) is 22.3 Å². The summed E-state index contributed by atoms with van der Waals surface area (Å²) >= 11 is 7.77. The van der Waals surface area contributed by atoms with Gasteiger partial charge in [-0.1, -0.05) is 17.7 Å². The van der Waals surface area contributed by atoms with Crippen molar-refractivity contribution in [1.82, 2.24) is 9.88 Å². The highest BCUT2D eigenvalue weighted by atomic mass is 35.5. The van der Waals surface area contributed by atoms with Crippen LogP contribution in [0.3, 0.4) is 0 Å².